The molecule has 0 saturated carbocycles. The van der Waals surface area contributed by atoms with E-state index in [1.807, 2.05) is 31.2 Å². The van der Waals surface area contributed by atoms with Gasteiger partial charge >= 0.3 is 6.03 Å². The van der Waals surface area contributed by atoms with Gasteiger partial charge in [-0.3, -0.25) is 4.90 Å². The number of anilines is 1. The molecule has 1 fully saturated rings. The van der Waals surface area contributed by atoms with E-state index in [2.05, 4.69) is 25.7 Å². The highest BCUT2D eigenvalue weighted by Gasteiger charge is 2.11. The second-order valence-electron chi connectivity index (χ2n) is 5.79. The minimum Gasteiger partial charge on any atom is -0.379 e. The summed E-state index contributed by atoms with van der Waals surface area (Å²) in [7, 11) is 0. The van der Waals surface area contributed by atoms with E-state index in [0.717, 1.165) is 38.4 Å². The first-order chi connectivity index (χ1) is 12.2. The Morgan fingerprint density at radius 3 is 2.92 bits per heavy atom. The van der Waals surface area contributed by atoms with Gasteiger partial charge in [0, 0.05) is 43.9 Å². The van der Waals surface area contributed by atoms with Crippen LogP contribution in [0.2, 0.25) is 0 Å². The van der Waals surface area contributed by atoms with Crippen LogP contribution in [-0.2, 0) is 11.2 Å². The van der Waals surface area contributed by atoms with E-state index in [1.165, 1.54) is 0 Å². The van der Waals surface area contributed by atoms with Crippen molar-refractivity contribution in [1.82, 2.24) is 20.4 Å². The SMILES string of the molecule is CCc1noc(-c2cccc(NC(=O)NCCN3CCOCC3)c2)n1. The molecule has 3 rings (SSSR count). The van der Waals surface area contributed by atoms with Gasteiger partial charge in [0.15, 0.2) is 5.82 Å². The topological polar surface area (TPSA) is 92.5 Å². The van der Waals surface area contributed by atoms with Crippen molar-refractivity contribution in [1.29, 1.82) is 0 Å². The first-order valence-corrected chi connectivity index (χ1v) is 8.52. The molecule has 1 aliphatic heterocycles. The van der Waals surface area contributed by atoms with Gasteiger partial charge in [0.1, 0.15) is 0 Å². The molecule has 2 heterocycles. The third-order valence-electron chi connectivity index (χ3n) is 3.97. The number of rotatable bonds is 6. The molecule has 0 unspecified atom stereocenters. The molecule has 0 radical (unpaired) electrons. The zero-order chi connectivity index (χ0) is 17.5. The van der Waals surface area contributed by atoms with Crippen molar-refractivity contribution in [3.63, 3.8) is 0 Å². The molecule has 1 saturated heterocycles. The van der Waals surface area contributed by atoms with Crippen LogP contribution in [0.25, 0.3) is 11.5 Å². The van der Waals surface area contributed by atoms with Crippen LogP contribution in [0.5, 0.6) is 0 Å². The zero-order valence-corrected chi connectivity index (χ0v) is 14.3. The first-order valence-electron chi connectivity index (χ1n) is 8.52. The lowest BCUT2D eigenvalue weighted by molar-refractivity contribution is 0.0388. The summed E-state index contributed by atoms with van der Waals surface area (Å²) in [6, 6.07) is 7.12. The molecule has 25 heavy (non-hydrogen) atoms. The fourth-order valence-electron chi connectivity index (χ4n) is 2.57. The van der Waals surface area contributed by atoms with E-state index < -0.39 is 0 Å². The highest BCUT2D eigenvalue weighted by Crippen LogP contribution is 2.21. The van der Waals surface area contributed by atoms with E-state index in [0.29, 0.717) is 30.4 Å². The standard InChI is InChI=1S/C17H23N5O3/c1-2-15-20-16(25-21-15)13-4-3-5-14(12-13)19-17(23)18-6-7-22-8-10-24-11-9-22/h3-5,12H,2,6-11H2,1H3,(H2,18,19,23). The van der Waals surface area contributed by atoms with Gasteiger partial charge in [-0.05, 0) is 18.2 Å². The predicted molar refractivity (Wildman–Crippen MR) is 93.4 cm³/mol. The van der Waals surface area contributed by atoms with Crippen LogP contribution in [0, 0.1) is 0 Å². The Labute approximate surface area is 146 Å². The Morgan fingerprint density at radius 2 is 2.16 bits per heavy atom. The van der Waals surface area contributed by atoms with Gasteiger partial charge in [-0.1, -0.05) is 18.1 Å². The summed E-state index contributed by atoms with van der Waals surface area (Å²) >= 11 is 0. The smallest absolute Gasteiger partial charge is 0.319 e. The number of ether oxygens (including phenoxy) is 1. The van der Waals surface area contributed by atoms with Gasteiger partial charge < -0.3 is 19.9 Å². The Bertz CT molecular complexity index is 697. The van der Waals surface area contributed by atoms with Crippen LogP contribution in [0.4, 0.5) is 10.5 Å². The van der Waals surface area contributed by atoms with Crippen molar-refractivity contribution < 1.29 is 14.1 Å². The quantitative estimate of drug-likeness (QED) is 0.829. The third kappa shape index (κ3) is 5.01. The number of nitrogens with zero attached hydrogens (tertiary/aromatic N) is 3. The average Bonchev–Trinajstić information content (AvgIpc) is 3.12. The summed E-state index contributed by atoms with van der Waals surface area (Å²) in [5.41, 5.74) is 1.45. The Balaban J connectivity index is 1.50. The predicted octanol–water partition coefficient (Wildman–Crippen LogP) is 1.75. The van der Waals surface area contributed by atoms with Gasteiger partial charge in [-0.2, -0.15) is 4.98 Å². The number of amides is 2. The largest absolute Gasteiger partial charge is 0.379 e. The summed E-state index contributed by atoms with van der Waals surface area (Å²) in [6.07, 6.45) is 0.715. The van der Waals surface area contributed by atoms with Gasteiger partial charge in [0.2, 0.25) is 0 Å². The van der Waals surface area contributed by atoms with Gasteiger partial charge in [-0.15, -0.1) is 0 Å². The molecule has 134 valence electrons. The number of benzene rings is 1. The maximum absolute atomic E-state index is 12.0. The van der Waals surface area contributed by atoms with Crippen LogP contribution in [0.3, 0.4) is 0 Å². The van der Waals surface area contributed by atoms with E-state index in [-0.39, 0.29) is 6.03 Å². The molecule has 2 N–H and O–H groups in total. The van der Waals surface area contributed by atoms with Crippen LogP contribution in [0.15, 0.2) is 28.8 Å². The number of morpholine rings is 1. The maximum atomic E-state index is 12.0. The van der Waals surface area contributed by atoms with E-state index in [9.17, 15) is 4.79 Å². The number of urea groups is 1. The summed E-state index contributed by atoms with van der Waals surface area (Å²) in [5, 5.41) is 9.58. The second kappa shape index (κ2) is 8.59. The highest BCUT2D eigenvalue weighted by molar-refractivity contribution is 5.89. The minimum absolute atomic E-state index is 0.231. The molecular formula is C17H23N5O3. The molecule has 0 aliphatic carbocycles. The molecule has 0 spiro atoms. The number of hydrogen-bond donors (Lipinski definition) is 2. The summed E-state index contributed by atoms with van der Waals surface area (Å²) < 4.78 is 10.5. The van der Waals surface area contributed by atoms with Crippen LogP contribution < -0.4 is 10.6 Å². The minimum atomic E-state index is -0.231. The van der Waals surface area contributed by atoms with Gasteiger partial charge in [-0.25, -0.2) is 4.79 Å². The van der Waals surface area contributed by atoms with Gasteiger partial charge in [0.05, 0.1) is 13.2 Å². The van der Waals surface area contributed by atoms with Crippen molar-refractivity contribution in [3.8, 4) is 11.5 Å². The zero-order valence-electron chi connectivity index (χ0n) is 14.3. The number of hydrogen-bond acceptors (Lipinski definition) is 6. The molecule has 2 amide bonds. The van der Waals surface area contributed by atoms with Crippen molar-refractivity contribution >= 4 is 11.7 Å². The summed E-state index contributed by atoms with van der Waals surface area (Å²) in [4.78, 5) is 18.6. The highest BCUT2D eigenvalue weighted by atomic mass is 16.5. The average molecular weight is 345 g/mol. The lowest BCUT2D eigenvalue weighted by Gasteiger charge is -2.26. The Kier molecular flexibility index (Phi) is 5.97. The molecular weight excluding hydrogens is 322 g/mol. The molecule has 1 aliphatic rings. The fourth-order valence-corrected chi connectivity index (χ4v) is 2.57. The van der Waals surface area contributed by atoms with Crippen LogP contribution in [0.1, 0.15) is 12.7 Å². The first kappa shape index (κ1) is 17.4. The van der Waals surface area contributed by atoms with Crippen molar-refractivity contribution in [3.05, 3.63) is 30.1 Å². The monoisotopic (exact) mass is 345 g/mol. The van der Waals surface area contributed by atoms with Crippen LogP contribution in [-0.4, -0.2) is 60.5 Å². The summed E-state index contributed by atoms with van der Waals surface area (Å²) in [5.74, 6) is 1.11. The van der Waals surface area contributed by atoms with E-state index >= 15 is 0 Å². The Hall–Kier alpha value is -2.45. The molecule has 8 nitrogen and oxygen atoms in total. The van der Waals surface area contributed by atoms with E-state index in [4.69, 9.17) is 9.26 Å². The van der Waals surface area contributed by atoms with Crippen molar-refractivity contribution in [2.45, 2.75) is 13.3 Å². The van der Waals surface area contributed by atoms with Crippen molar-refractivity contribution in [2.75, 3.05) is 44.7 Å². The molecule has 2 aromatic rings. The number of nitrogens with one attached hydrogen (secondary N) is 2. The number of aromatic nitrogens is 2. The number of aryl methyl sites for hydroxylation is 1. The molecule has 0 atom stereocenters. The van der Waals surface area contributed by atoms with Crippen molar-refractivity contribution in [2.24, 2.45) is 0 Å². The number of carbonyl (C=O) groups is 1. The molecule has 0 bridgehead atoms. The lowest BCUT2D eigenvalue weighted by atomic mass is 10.2. The van der Waals surface area contributed by atoms with Gasteiger partial charge in [0.25, 0.3) is 5.89 Å². The lowest BCUT2D eigenvalue weighted by Crippen LogP contribution is -2.42. The molecule has 1 aromatic carbocycles. The van der Waals surface area contributed by atoms with E-state index in [1.54, 1.807) is 0 Å². The normalized spacial score (nSPS) is 15.1. The van der Waals surface area contributed by atoms with Crippen LogP contribution >= 0.6 is 0 Å². The third-order valence-corrected chi connectivity index (χ3v) is 3.97. The second-order valence-corrected chi connectivity index (χ2v) is 5.79. The Morgan fingerprint density at radius 1 is 1.32 bits per heavy atom. The molecule has 1 aromatic heterocycles. The summed E-state index contributed by atoms with van der Waals surface area (Å²) in [6.45, 7) is 6.72. The maximum Gasteiger partial charge on any atom is 0.319 e. The number of carbonyl (C=O) groups excluding carboxylic acids is 1. The molecule has 8 heteroatoms. The fraction of sp³-hybridized carbons (Fsp3) is 0.471.